The molecule has 0 aliphatic rings. The highest BCUT2D eigenvalue weighted by atomic mass is 16.6. The summed E-state index contributed by atoms with van der Waals surface area (Å²) >= 11 is 0. The number of hydrogen-bond donors (Lipinski definition) is 0. The highest BCUT2D eigenvalue weighted by Gasteiger charge is 2.04. The number of nitrogens with zero attached hydrogens (tertiary/aromatic N) is 2. The zero-order valence-corrected chi connectivity index (χ0v) is 6.09. The quantitative estimate of drug-likeness (QED) is 0.465. The molecule has 13 heavy (non-hydrogen) atoms. The van der Waals surface area contributed by atoms with Gasteiger partial charge in [0.05, 0.1) is 0 Å². The van der Waals surface area contributed by atoms with E-state index in [2.05, 4.69) is 13.9 Å². The lowest BCUT2D eigenvalue weighted by Gasteiger charge is -1.91. The van der Waals surface area contributed by atoms with Crippen LogP contribution in [0.2, 0.25) is 0 Å². The van der Waals surface area contributed by atoms with Crippen molar-refractivity contribution in [2.75, 3.05) is 0 Å². The summed E-state index contributed by atoms with van der Waals surface area (Å²) in [4.78, 5) is 35.7. The zero-order chi connectivity index (χ0) is 9.42. The molecule has 0 radical (unpaired) electrons. The largest absolute Gasteiger partial charge is 0.442 e. The summed E-state index contributed by atoms with van der Waals surface area (Å²) in [5.74, 6) is -0.350. The van der Waals surface area contributed by atoms with Gasteiger partial charge in [0.15, 0.2) is 0 Å². The van der Waals surface area contributed by atoms with Gasteiger partial charge in [-0.15, -0.1) is 0 Å². The average molecular weight is 182 g/mol. The molecule has 0 aliphatic heterocycles. The monoisotopic (exact) mass is 182 g/mol. The minimum Gasteiger partial charge on any atom is -0.381 e. The average Bonchev–Trinajstić information content (AvgIpc) is 2.09. The predicted molar refractivity (Wildman–Crippen MR) is 38.5 cm³/mol. The second kappa shape index (κ2) is 2.41. The Kier molecular flexibility index (Phi) is 1.38. The Morgan fingerprint density at radius 1 is 1.23 bits per heavy atom. The van der Waals surface area contributed by atoms with Crippen molar-refractivity contribution in [2.24, 2.45) is 0 Å². The Balaban J connectivity index is 3.15. The van der Waals surface area contributed by atoms with E-state index in [0.717, 1.165) is 12.3 Å². The van der Waals surface area contributed by atoms with Crippen molar-refractivity contribution in [3.8, 4) is 0 Å². The Morgan fingerprint density at radius 3 is 2.77 bits per heavy atom. The molecular weight excluding hydrogens is 180 g/mol. The molecule has 0 aliphatic carbocycles. The highest BCUT2D eigenvalue weighted by molar-refractivity contribution is 5.15. The highest BCUT2D eigenvalue weighted by Crippen LogP contribution is 1.85. The maximum Gasteiger partial charge on any atom is 0.442 e. The van der Waals surface area contributed by atoms with E-state index in [0.29, 0.717) is 4.57 Å². The first kappa shape index (κ1) is 7.47. The van der Waals surface area contributed by atoms with Crippen LogP contribution in [-0.4, -0.2) is 9.56 Å². The lowest BCUT2D eigenvalue weighted by Crippen LogP contribution is -2.27. The van der Waals surface area contributed by atoms with E-state index >= 15 is 0 Å². The number of hydrogen-bond acceptors (Lipinski definition) is 6. The van der Waals surface area contributed by atoms with Crippen LogP contribution in [-0.2, 0) is 0 Å². The first-order valence-corrected chi connectivity index (χ1v) is 3.21. The van der Waals surface area contributed by atoms with Crippen molar-refractivity contribution in [1.29, 1.82) is 0 Å². The molecule has 66 valence electrons. The van der Waals surface area contributed by atoms with Crippen molar-refractivity contribution < 1.29 is 8.94 Å². The number of aromatic nitrogens is 2. The molecule has 0 bridgehead atoms. The summed E-state index contributed by atoms with van der Waals surface area (Å²) in [7, 11) is 0. The van der Waals surface area contributed by atoms with E-state index in [1.165, 1.54) is 0 Å². The van der Waals surface area contributed by atoms with Gasteiger partial charge >= 0.3 is 17.1 Å². The molecule has 2 aromatic heterocycles. The van der Waals surface area contributed by atoms with Crippen molar-refractivity contribution in [3.63, 3.8) is 0 Å². The Labute approximate surface area is 68.8 Å². The molecule has 2 aromatic rings. The summed E-state index contributed by atoms with van der Waals surface area (Å²) in [5.41, 5.74) is -3.08. The van der Waals surface area contributed by atoms with Crippen LogP contribution in [0, 0.1) is 0 Å². The molecule has 7 heteroatoms. The Morgan fingerprint density at radius 2 is 2.00 bits per heavy atom. The maximum absolute atomic E-state index is 11.0. The van der Waals surface area contributed by atoms with Gasteiger partial charge in [0.25, 0.3) is 5.56 Å². The van der Waals surface area contributed by atoms with Gasteiger partial charge in [-0.05, 0) is 0 Å². The lowest BCUT2D eigenvalue weighted by molar-refractivity contribution is 0.263. The van der Waals surface area contributed by atoms with Crippen LogP contribution in [0.4, 0.5) is 0 Å². The fourth-order valence-corrected chi connectivity index (χ4v) is 0.776. The predicted octanol–water partition coefficient (Wildman–Crippen LogP) is -1.40. The van der Waals surface area contributed by atoms with E-state index in [-0.39, 0.29) is 5.84 Å². The summed E-state index contributed by atoms with van der Waals surface area (Å²) in [6.45, 7) is 0. The molecule has 2 heterocycles. The fourth-order valence-electron chi connectivity index (χ4n) is 0.776. The van der Waals surface area contributed by atoms with E-state index in [9.17, 15) is 14.4 Å². The molecule has 0 aromatic carbocycles. The van der Waals surface area contributed by atoms with Crippen molar-refractivity contribution in [3.05, 3.63) is 43.5 Å². The summed E-state index contributed by atoms with van der Waals surface area (Å²) in [6, 6.07) is 1.07. The second-order valence-electron chi connectivity index (χ2n) is 2.13. The van der Waals surface area contributed by atoms with Gasteiger partial charge in [-0.3, -0.25) is 4.79 Å². The Hall–Kier alpha value is -2.18. The Bertz CT molecular complexity index is 619. The lowest BCUT2D eigenvalue weighted by atomic mass is 10.7. The molecule has 7 nitrogen and oxygen atoms in total. The molecular formula is C6H2N2O5. The van der Waals surface area contributed by atoms with Crippen molar-refractivity contribution in [1.82, 2.24) is 9.56 Å². The van der Waals surface area contributed by atoms with Gasteiger partial charge in [0, 0.05) is 12.3 Å². The minimum absolute atomic E-state index is 0.350. The summed E-state index contributed by atoms with van der Waals surface area (Å²) in [5, 5.41) is 0. The van der Waals surface area contributed by atoms with Crippen LogP contribution < -0.4 is 16.8 Å². The van der Waals surface area contributed by atoms with E-state index in [1.54, 1.807) is 0 Å². The van der Waals surface area contributed by atoms with Crippen LogP contribution in [0.5, 0.6) is 0 Å². The third kappa shape index (κ3) is 1.06. The van der Waals surface area contributed by atoms with Crippen LogP contribution >= 0.6 is 0 Å². The number of fused-ring (bicyclic) bond motifs is 1. The molecule has 0 unspecified atom stereocenters. The van der Waals surface area contributed by atoms with Gasteiger partial charge in [0.1, 0.15) is 0 Å². The molecule has 0 saturated heterocycles. The van der Waals surface area contributed by atoms with Crippen molar-refractivity contribution in [2.45, 2.75) is 0 Å². The van der Waals surface area contributed by atoms with E-state index in [1.807, 2.05) is 0 Å². The van der Waals surface area contributed by atoms with Gasteiger partial charge in [-0.1, -0.05) is 4.57 Å². The number of rotatable bonds is 0. The van der Waals surface area contributed by atoms with Gasteiger partial charge in [-0.2, -0.15) is 0 Å². The van der Waals surface area contributed by atoms with E-state index in [4.69, 9.17) is 0 Å². The molecule has 0 N–H and O–H groups in total. The normalized spacial score (nSPS) is 10.5. The zero-order valence-electron chi connectivity index (χ0n) is 6.09. The molecule has 0 amide bonds. The second-order valence-corrected chi connectivity index (χ2v) is 2.13. The van der Waals surface area contributed by atoms with Gasteiger partial charge < -0.3 is 8.94 Å². The first-order valence-electron chi connectivity index (χ1n) is 3.21. The molecule has 2 rings (SSSR count). The topological polar surface area (TPSA) is 94.8 Å². The van der Waals surface area contributed by atoms with Crippen molar-refractivity contribution >= 4 is 5.84 Å². The smallest absolute Gasteiger partial charge is 0.381 e. The van der Waals surface area contributed by atoms with Crippen LogP contribution in [0.25, 0.3) is 5.84 Å². The first-order chi connectivity index (χ1) is 6.18. The fraction of sp³-hybridized carbons (Fsp3) is 0. The molecule has 0 saturated carbocycles. The molecule has 0 atom stereocenters. The van der Waals surface area contributed by atoms with Gasteiger partial charge in [-0.25, -0.2) is 14.6 Å². The summed E-state index contributed by atoms with van der Waals surface area (Å²) < 4.78 is 9.17. The SMILES string of the molecule is O=c1oc2nccc(=O)n2oc1=O. The minimum atomic E-state index is -1.25. The third-order valence-corrected chi connectivity index (χ3v) is 1.30. The standard InChI is InChI=1S/C6H2N2O5/c9-3-1-2-7-6-8(3)13-5(11)4(10)12-6/h1-2H. The molecule has 0 fully saturated rings. The van der Waals surface area contributed by atoms with Gasteiger partial charge in [0.2, 0.25) is 0 Å². The molecule has 0 spiro atoms. The summed E-state index contributed by atoms with van der Waals surface area (Å²) in [6.07, 6.45) is 1.14. The maximum atomic E-state index is 11.0. The van der Waals surface area contributed by atoms with Crippen LogP contribution in [0.15, 0.2) is 35.6 Å². The third-order valence-electron chi connectivity index (χ3n) is 1.30. The van der Waals surface area contributed by atoms with Crippen LogP contribution in [0.3, 0.4) is 0 Å². The van der Waals surface area contributed by atoms with Crippen LogP contribution in [0.1, 0.15) is 0 Å². The van der Waals surface area contributed by atoms with E-state index < -0.39 is 16.8 Å².